The molecule has 7 nitrogen and oxygen atoms in total. The number of likely N-dealkylation sites (tertiary alicyclic amines) is 1. The van der Waals surface area contributed by atoms with Crippen molar-refractivity contribution in [3.05, 3.63) is 53.0 Å². The van der Waals surface area contributed by atoms with E-state index in [1.165, 1.54) is 5.56 Å². The van der Waals surface area contributed by atoms with E-state index in [2.05, 4.69) is 17.4 Å². The number of anilines is 1. The van der Waals surface area contributed by atoms with Crippen molar-refractivity contribution in [3.63, 3.8) is 0 Å². The second-order valence-electron chi connectivity index (χ2n) is 8.03. The maximum absolute atomic E-state index is 13.0. The highest BCUT2D eigenvalue weighted by atomic mass is 16.2. The Morgan fingerprint density at radius 1 is 1.17 bits per heavy atom. The number of carbonyl (C=O) groups excluding carboxylic acids is 2. The van der Waals surface area contributed by atoms with Crippen LogP contribution in [0.25, 0.3) is 0 Å². The molecule has 2 aromatic rings. The molecular weight excluding hydrogens is 378 g/mol. The molecule has 1 atom stereocenters. The van der Waals surface area contributed by atoms with Gasteiger partial charge in [-0.15, -0.1) is 0 Å². The largest absolute Gasteiger partial charge is 0.373 e. The Kier molecular flexibility index (Phi) is 5.97. The van der Waals surface area contributed by atoms with Crippen molar-refractivity contribution in [3.8, 4) is 0 Å². The van der Waals surface area contributed by atoms with E-state index in [1.54, 1.807) is 6.92 Å². The van der Waals surface area contributed by atoms with Gasteiger partial charge >= 0.3 is 0 Å². The van der Waals surface area contributed by atoms with Crippen LogP contribution in [0, 0.1) is 0 Å². The number of amides is 2. The van der Waals surface area contributed by atoms with Gasteiger partial charge in [-0.25, -0.2) is 9.97 Å². The lowest BCUT2D eigenvalue weighted by Crippen LogP contribution is -2.36. The van der Waals surface area contributed by atoms with Crippen molar-refractivity contribution in [2.45, 2.75) is 51.6 Å². The molecule has 2 amide bonds. The highest BCUT2D eigenvalue weighted by Crippen LogP contribution is 2.33. The van der Waals surface area contributed by atoms with E-state index >= 15 is 0 Å². The van der Waals surface area contributed by atoms with Crippen LogP contribution in [0.1, 0.15) is 54.9 Å². The van der Waals surface area contributed by atoms with Gasteiger partial charge in [-0.2, -0.15) is 0 Å². The molecule has 7 heteroatoms. The lowest BCUT2D eigenvalue weighted by Gasteiger charge is -2.30. The molecule has 2 aliphatic heterocycles. The van der Waals surface area contributed by atoms with Crippen LogP contribution in [-0.2, 0) is 29.0 Å². The van der Waals surface area contributed by atoms with Crippen LogP contribution in [0.15, 0.2) is 30.3 Å². The smallest absolute Gasteiger partial charge is 0.223 e. The van der Waals surface area contributed by atoms with E-state index in [0.29, 0.717) is 25.3 Å². The molecular formula is C23H29N5O2. The Morgan fingerprint density at radius 3 is 2.70 bits per heavy atom. The van der Waals surface area contributed by atoms with Crippen LogP contribution in [0.5, 0.6) is 0 Å². The average Bonchev–Trinajstić information content (AvgIpc) is 3.27. The maximum Gasteiger partial charge on any atom is 0.223 e. The van der Waals surface area contributed by atoms with Crippen LogP contribution in [0.4, 0.5) is 5.82 Å². The number of aromatic nitrogens is 2. The summed E-state index contributed by atoms with van der Waals surface area (Å²) in [5.74, 6) is 1.72. The molecule has 30 heavy (non-hydrogen) atoms. The van der Waals surface area contributed by atoms with Crippen molar-refractivity contribution in [1.29, 1.82) is 0 Å². The summed E-state index contributed by atoms with van der Waals surface area (Å²) in [4.78, 5) is 38.2. The fraction of sp³-hybridized carbons (Fsp3) is 0.478. The molecule has 158 valence electrons. The average molecular weight is 408 g/mol. The topological polar surface area (TPSA) is 78.4 Å². The number of nitrogens with zero attached hydrogens (tertiary/aromatic N) is 4. The van der Waals surface area contributed by atoms with Crippen LogP contribution in [0.2, 0.25) is 0 Å². The Labute approximate surface area is 177 Å². The number of carbonyl (C=O) groups is 2. The predicted molar refractivity (Wildman–Crippen MR) is 115 cm³/mol. The van der Waals surface area contributed by atoms with Crippen molar-refractivity contribution >= 4 is 17.6 Å². The van der Waals surface area contributed by atoms with Crippen molar-refractivity contribution in [2.24, 2.45) is 0 Å². The van der Waals surface area contributed by atoms with Crippen molar-refractivity contribution in [2.75, 3.05) is 25.5 Å². The van der Waals surface area contributed by atoms with Gasteiger partial charge in [-0.05, 0) is 31.2 Å². The van der Waals surface area contributed by atoms with Gasteiger partial charge < -0.3 is 15.1 Å². The van der Waals surface area contributed by atoms with Crippen molar-refractivity contribution in [1.82, 2.24) is 19.8 Å². The van der Waals surface area contributed by atoms with Gasteiger partial charge in [0, 0.05) is 39.0 Å². The van der Waals surface area contributed by atoms with Gasteiger partial charge in [-0.3, -0.25) is 9.59 Å². The first kappa shape index (κ1) is 20.3. The first-order valence-corrected chi connectivity index (χ1v) is 10.7. The van der Waals surface area contributed by atoms with Gasteiger partial charge in [0.1, 0.15) is 5.82 Å². The van der Waals surface area contributed by atoms with Crippen molar-refractivity contribution < 1.29 is 9.59 Å². The third-order valence-corrected chi connectivity index (χ3v) is 6.11. The number of nitrogens with one attached hydrogen (secondary N) is 1. The predicted octanol–water partition coefficient (Wildman–Crippen LogP) is 2.72. The molecule has 0 radical (unpaired) electrons. The number of benzene rings is 1. The van der Waals surface area contributed by atoms with Gasteiger partial charge in [0.15, 0.2) is 5.82 Å². The summed E-state index contributed by atoms with van der Waals surface area (Å²) in [7, 11) is 1.86. The second-order valence-corrected chi connectivity index (χ2v) is 8.03. The minimum Gasteiger partial charge on any atom is -0.373 e. The van der Waals surface area contributed by atoms with E-state index in [-0.39, 0.29) is 17.9 Å². The SMILES string of the molecule is CNc1nc([C@H]2CCCN2C(=O)CCc2ccccc2)nc2c1CCN(C(C)=O)C2. The molecule has 4 rings (SSSR count). The highest BCUT2D eigenvalue weighted by molar-refractivity contribution is 5.77. The Hall–Kier alpha value is -2.96. The lowest BCUT2D eigenvalue weighted by molar-refractivity contribution is -0.132. The molecule has 1 aromatic heterocycles. The fourth-order valence-electron chi connectivity index (χ4n) is 4.45. The third-order valence-electron chi connectivity index (χ3n) is 6.11. The van der Waals surface area contributed by atoms with Gasteiger partial charge in [0.25, 0.3) is 0 Å². The molecule has 0 saturated carbocycles. The minimum absolute atomic E-state index is 0.0606. The molecule has 0 aliphatic carbocycles. The number of rotatable bonds is 5. The quantitative estimate of drug-likeness (QED) is 0.825. The molecule has 0 unspecified atom stereocenters. The highest BCUT2D eigenvalue weighted by Gasteiger charge is 2.33. The van der Waals surface area contributed by atoms with E-state index < -0.39 is 0 Å². The zero-order valence-electron chi connectivity index (χ0n) is 17.7. The summed E-state index contributed by atoms with van der Waals surface area (Å²) < 4.78 is 0. The zero-order valence-corrected chi connectivity index (χ0v) is 17.7. The fourth-order valence-corrected chi connectivity index (χ4v) is 4.45. The lowest BCUT2D eigenvalue weighted by atomic mass is 10.0. The molecule has 0 spiro atoms. The van der Waals surface area contributed by atoms with Gasteiger partial charge in [0.2, 0.25) is 11.8 Å². The first-order chi connectivity index (χ1) is 14.6. The Bertz CT molecular complexity index is 931. The third kappa shape index (κ3) is 4.15. The molecule has 1 N–H and O–H groups in total. The molecule has 1 aromatic carbocycles. The number of fused-ring (bicyclic) bond motifs is 1. The first-order valence-electron chi connectivity index (χ1n) is 10.7. The molecule has 0 bridgehead atoms. The summed E-state index contributed by atoms with van der Waals surface area (Å²) in [6, 6.07) is 10.0. The summed E-state index contributed by atoms with van der Waals surface area (Å²) in [6.45, 7) is 3.53. The van der Waals surface area contributed by atoms with E-state index in [0.717, 1.165) is 49.3 Å². The molecule has 1 saturated heterocycles. The second kappa shape index (κ2) is 8.81. The van der Waals surface area contributed by atoms with Crippen LogP contribution < -0.4 is 5.32 Å². The van der Waals surface area contributed by atoms with E-state index in [9.17, 15) is 9.59 Å². The van der Waals surface area contributed by atoms with Crippen LogP contribution in [-0.4, -0.2) is 51.7 Å². The van der Waals surface area contributed by atoms with Crippen LogP contribution >= 0.6 is 0 Å². The van der Waals surface area contributed by atoms with Gasteiger partial charge in [-0.1, -0.05) is 30.3 Å². The summed E-state index contributed by atoms with van der Waals surface area (Å²) in [6.07, 6.45) is 3.80. The molecule has 3 heterocycles. The number of hydrogen-bond donors (Lipinski definition) is 1. The van der Waals surface area contributed by atoms with E-state index in [1.807, 2.05) is 35.0 Å². The minimum atomic E-state index is -0.0987. The number of hydrogen-bond acceptors (Lipinski definition) is 5. The summed E-state index contributed by atoms with van der Waals surface area (Å²) in [5.41, 5.74) is 3.15. The Balaban J connectivity index is 1.54. The van der Waals surface area contributed by atoms with Gasteiger partial charge in [0.05, 0.1) is 18.3 Å². The summed E-state index contributed by atoms with van der Waals surface area (Å²) in [5, 5.41) is 3.20. The maximum atomic E-state index is 13.0. The Morgan fingerprint density at radius 2 is 1.97 bits per heavy atom. The van der Waals surface area contributed by atoms with Crippen LogP contribution in [0.3, 0.4) is 0 Å². The number of aryl methyl sites for hydroxylation is 1. The molecule has 2 aliphatic rings. The monoisotopic (exact) mass is 407 g/mol. The summed E-state index contributed by atoms with van der Waals surface area (Å²) >= 11 is 0. The standard InChI is InChI=1S/C23H29N5O2/c1-16(29)27-14-12-18-19(15-27)25-23(26-22(18)24-2)20-9-6-13-28(20)21(30)11-10-17-7-4-3-5-8-17/h3-5,7-8,20H,6,9-15H2,1-2H3,(H,24,25,26)/t20-/m1/s1. The normalized spacial score (nSPS) is 18.3. The molecule has 1 fully saturated rings. The zero-order chi connectivity index (χ0) is 21.1. The van der Waals surface area contributed by atoms with E-state index in [4.69, 9.17) is 9.97 Å².